The van der Waals surface area contributed by atoms with Crippen LogP contribution < -0.4 is 10.6 Å². The average Bonchev–Trinajstić information content (AvgIpc) is 2.69. The lowest BCUT2D eigenvalue weighted by atomic mass is 10.2. The van der Waals surface area contributed by atoms with Gasteiger partial charge in [-0.1, -0.05) is 29.8 Å². The topological polar surface area (TPSA) is 70.9 Å². The molecule has 1 heterocycles. The van der Waals surface area contributed by atoms with Crippen molar-refractivity contribution in [3.63, 3.8) is 0 Å². The standard InChI is InChI=1S/C13H14ClN5/c1-18(2)13-10(7-15)12(16)19(17-13)8-9-5-3-4-6-11(9)14/h3-6H,8,16H2,1-2H3. The van der Waals surface area contributed by atoms with Gasteiger partial charge in [0.05, 0.1) is 6.54 Å². The summed E-state index contributed by atoms with van der Waals surface area (Å²) in [6.45, 7) is 0.439. The first kappa shape index (κ1) is 13.2. The molecule has 0 saturated carbocycles. The molecule has 0 spiro atoms. The second-order valence-corrected chi connectivity index (χ2v) is 4.75. The highest BCUT2D eigenvalue weighted by Gasteiger charge is 2.17. The van der Waals surface area contributed by atoms with Crippen molar-refractivity contribution in [1.82, 2.24) is 9.78 Å². The lowest BCUT2D eigenvalue weighted by Gasteiger charge is -2.08. The summed E-state index contributed by atoms with van der Waals surface area (Å²) in [5, 5.41) is 14.2. The molecule has 2 aromatic rings. The first-order valence-electron chi connectivity index (χ1n) is 5.71. The van der Waals surface area contributed by atoms with Crippen molar-refractivity contribution in [3.05, 3.63) is 40.4 Å². The molecule has 19 heavy (non-hydrogen) atoms. The number of nitrogen functional groups attached to an aromatic ring is 1. The Kier molecular flexibility index (Phi) is 3.63. The Bertz CT molecular complexity index is 639. The number of benzene rings is 1. The fourth-order valence-corrected chi connectivity index (χ4v) is 1.99. The van der Waals surface area contributed by atoms with Crippen LogP contribution in [0.3, 0.4) is 0 Å². The van der Waals surface area contributed by atoms with Crippen LogP contribution >= 0.6 is 11.6 Å². The number of rotatable bonds is 3. The Morgan fingerprint density at radius 2 is 2.11 bits per heavy atom. The highest BCUT2D eigenvalue weighted by molar-refractivity contribution is 6.31. The van der Waals surface area contributed by atoms with Gasteiger partial charge in [0.1, 0.15) is 17.5 Å². The van der Waals surface area contributed by atoms with E-state index in [1.807, 2.05) is 38.4 Å². The summed E-state index contributed by atoms with van der Waals surface area (Å²) in [4.78, 5) is 1.76. The van der Waals surface area contributed by atoms with Crippen molar-refractivity contribution in [3.8, 4) is 6.07 Å². The van der Waals surface area contributed by atoms with Crippen LogP contribution in [0, 0.1) is 11.3 Å². The van der Waals surface area contributed by atoms with E-state index in [9.17, 15) is 0 Å². The van der Waals surface area contributed by atoms with Gasteiger partial charge in [-0.25, -0.2) is 4.68 Å². The molecule has 0 bridgehead atoms. The SMILES string of the molecule is CN(C)c1nn(Cc2ccccc2Cl)c(N)c1C#N. The summed E-state index contributed by atoms with van der Waals surface area (Å²) >= 11 is 6.11. The quantitative estimate of drug-likeness (QED) is 0.931. The fourth-order valence-electron chi connectivity index (χ4n) is 1.79. The fraction of sp³-hybridized carbons (Fsp3) is 0.231. The second-order valence-electron chi connectivity index (χ2n) is 4.34. The highest BCUT2D eigenvalue weighted by atomic mass is 35.5. The smallest absolute Gasteiger partial charge is 0.170 e. The zero-order valence-electron chi connectivity index (χ0n) is 10.8. The molecule has 0 aliphatic heterocycles. The molecule has 2 rings (SSSR count). The molecular formula is C13H14ClN5. The monoisotopic (exact) mass is 275 g/mol. The Labute approximate surface area is 116 Å². The first-order valence-corrected chi connectivity index (χ1v) is 6.09. The number of anilines is 2. The largest absolute Gasteiger partial charge is 0.383 e. The van der Waals surface area contributed by atoms with Gasteiger partial charge in [0, 0.05) is 19.1 Å². The van der Waals surface area contributed by atoms with E-state index in [0.717, 1.165) is 5.56 Å². The molecular weight excluding hydrogens is 262 g/mol. The summed E-state index contributed by atoms with van der Waals surface area (Å²) in [5.74, 6) is 0.915. The molecule has 1 aromatic heterocycles. The van der Waals surface area contributed by atoms with E-state index in [1.54, 1.807) is 9.58 Å². The first-order chi connectivity index (χ1) is 9.04. The van der Waals surface area contributed by atoms with Crippen LogP contribution in [-0.4, -0.2) is 23.9 Å². The van der Waals surface area contributed by atoms with Crippen molar-refractivity contribution >= 4 is 23.2 Å². The third-order valence-corrected chi connectivity index (χ3v) is 3.16. The molecule has 5 nitrogen and oxygen atoms in total. The molecule has 1 aromatic carbocycles. The van der Waals surface area contributed by atoms with Gasteiger partial charge in [-0.3, -0.25) is 0 Å². The van der Waals surface area contributed by atoms with Crippen LogP contribution in [0.2, 0.25) is 5.02 Å². The van der Waals surface area contributed by atoms with Gasteiger partial charge in [0.15, 0.2) is 5.82 Å². The minimum Gasteiger partial charge on any atom is -0.383 e. The number of nitrogens with zero attached hydrogens (tertiary/aromatic N) is 4. The maximum absolute atomic E-state index is 9.15. The molecule has 0 aliphatic rings. The number of nitrogens with two attached hydrogens (primary N) is 1. The molecule has 0 saturated heterocycles. The number of aromatic nitrogens is 2. The van der Waals surface area contributed by atoms with Crippen LogP contribution in [0.4, 0.5) is 11.6 Å². The summed E-state index contributed by atoms with van der Waals surface area (Å²) in [6, 6.07) is 9.57. The Hall–Kier alpha value is -2.19. The van der Waals surface area contributed by atoms with Gasteiger partial charge in [0.25, 0.3) is 0 Å². The van der Waals surface area contributed by atoms with Gasteiger partial charge in [-0.05, 0) is 11.6 Å². The third kappa shape index (κ3) is 2.49. The van der Waals surface area contributed by atoms with Crippen LogP contribution in [-0.2, 0) is 6.54 Å². The average molecular weight is 276 g/mol. The van der Waals surface area contributed by atoms with E-state index in [2.05, 4.69) is 11.2 Å². The minimum atomic E-state index is 0.353. The molecule has 0 radical (unpaired) electrons. The Balaban J connectivity index is 2.42. The van der Waals surface area contributed by atoms with Crippen LogP contribution in [0.25, 0.3) is 0 Å². The van der Waals surface area contributed by atoms with Crippen molar-refractivity contribution in [2.24, 2.45) is 0 Å². The third-order valence-electron chi connectivity index (χ3n) is 2.79. The summed E-state index contributed by atoms with van der Waals surface area (Å²) < 4.78 is 1.59. The Morgan fingerprint density at radius 1 is 1.42 bits per heavy atom. The molecule has 2 N–H and O–H groups in total. The van der Waals surface area contributed by atoms with E-state index in [1.165, 1.54) is 0 Å². The predicted molar refractivity (Wildman–Crippen MR) is 76.2 cm³/mol. The van der Waals surface area contributed by atoms with Crippen molar-refractivity contribution < 1.29 is 0 Å². The number of hydrogen-bond donors (Lipinski definition) is 1. The maximum Gasteiger partial charge on any atom is 0.170 e. The maximum atomic E-state index is 9.15. The molecule has 98 valence electrons. The van der Waals surface area contributed by atoms with E-state index in [0.29, 0.717) is 28.8 Å². The summed E-state index contributed by atoms with van der Waals surface area (Å²) in [7, 11) is 3.64. The zero-order chi connectivity index (χ0) is 14.0. The molecule has 0 aliphatic carbocycles. The second kappa shape index (κ2) is 5.21. The van der Waals surface area contributed by atoms with Crippen molar-refractivity contribution in [1.29, 1.82) is 5.26 Å². The molecule has 0 atom stereocenters. The van der Waals surface area contributed by atoms with Gasteiger partial charge >= 0.3 is 0 Å². The molecule has 0 amide bonds. The van der Waals surface area contributed by atoms with Crippen molar-refractivity contribution in [2.45, 2.75) is 6.54 Å². The summed E-state index contributed by atoms with van der Waals surface area (Å²) in [5.41, 5.74) is 7.26. The predicted octanol–water partition coefficient (Wildman–Crippen LogP) is 2.10. The van der Waals surface area contributed by atoms with Crippen molar-refractivity contribution in [2.75, 3.05) is 24.7 Å². The molecule has 0 fully saturated rings. The number of hydrogen-bond acceptors (Lipinski definition) is 4. The van der Waals surface area contributed by atoms with Crippen LogP contribution in [0.15, 0.2) is 24.3 Å². The minimum absolute atomic E-state index is 0.353. The summed E-state index contributed by atoms with van der Waals surface area (Å²) in [6.07, 6.45) is 0. The van der Waals surface area contributed by atoms with E-state index in [4.69, 9.17) is 22.6 Å². The lowest BCUT2D eigenvalue weighted by molar-refractivity contribution is 0.695. The number of halogens is 1. The zero-order valence-corrected chi connectivity index (χ0v) is 11.5. The number of nitriles is 1. The van der Waals surface area contributed by atoms with Gasteiger partial charge in [-0.15, -0.1) is 0 Å². The highest BCUT2D eigenvalue weighted by Crippen LogP contribution is 2.25. The lowest BCUT2D eigenvalue weighted by Crippen LogP contribution is -2.11. The van der Waals surface area contributed by atoms with Gasteiger partial charge in [-0.2, -0.15) is 10.4 Å². The molecule has 0 unspecified atom stereocenters. The van der Waals surface area contributed by atoms with E-state index >= 15 is 0 Å². The normalized spacial score (nSPS) is 10.2. The van der Waals surface area contributed by atoms with Gasteiger partial charge in [0.2, 0.25) is 0 Å². The van der Waals surface area contributed by atoms with E-state index < -0.39 is 0 Å². The van der Waals surface area contributed by atoms with Crippen LogP contribution in [0.5, 0.6) is 0 Å². The molecule has 6 heteroatoms. The van der Waals surface area contributed by atoms with E-state index in [-0.39, 0.29) is 0 Å². The Morgan fingerprint density at radius 3 is 2.63 bits per heavy atom. The van der Waals surface area contributed by atoms with Gasteiger partial charge < -0.3 is 10.6 Å². The van der Waals surface area contributed by atoms with Crippen LogP contribution in [0.1, 0.15) is 11.1 Å².